The maximum Gasteiger partial charge on any atom is -0.00232 e. The summed E-state index contributed by atoms with van der Waals surface area (Å²) in [5, 5.41) is 10.5. The van der Waals surface area contributed by atoms with Crippen LogP contribution in [0.3, 0.4) is 0 Å². The minimum Gasteiger partial charge on any atom is -0.785 e. The molecule has 0 radical (unpaired) electrons. The molecule has 0 amide bonds. The summed E-state index contributed by atoms with van der Waals surface area (Å²) in [5.74, 6) is 0. The monoisotopic (exact) mass is 58.0 g/mol. The molecule has 0 saturated carbocycles. The lowest BCUT2D eigenvalue weighted by atomic mass is 11.0. The van der Waals surface area contributed by atoms with E-state index >= 15 is 0 Å². The highest BCUT2D eigenvalue weighted by Gasteiger charge is 1.99. The van der Waals surface area contributed by atoms with Gasteiger partial charge in [-0.25, -0.2) is 0 Å². The molecule has 4 heavy (non-hydrogen) atoms. The maximum absolute atomic E-state index is 9.47. The van der Waals surface area contributed by atoms with Crippen LogP contribution in [0.25, 0.3) is 0 Å². The molecule has 1 saturated heterocycles. The zero-order chi connectivity index (χ0) is 2.99. The number of hydrogen-bond donors (Lipinski definition) is 0. The lowest BCUT2D eigenvalue weighted by molar-refractivity contribution is 0.780. The summed E-state index contributed by atoms with van der Waals surface area (Å²) < 4.78 is 0. The molecule has 1 heterocycles. The largest absolute Gasteiger partial charge is 0.785 e. The van der Waals surface area contributed by atoms with Crippen LogP contribution in [0.1, 0.15) is 0 Å². The molecule has 1 rings (SSSR count). The highest BCUT2D eigenvalue weighted by molar-refractivity contribution is 4.70. The van der Waals surface area contributed by atoms with Gasteiger partial charge in [-0.15, -0.1) is 0 Å². The second-order valence-corrected chi connectivity index (χ2v) is 0.929. The van der Waals surface area contributed by atoms with Gasteiger partial charge in [0, 0.05) is 0 Å². The van der Waals surface area contributed by atoms with Gasteiger partial charge in [-0.2, -0.15) is 0 Å². The van der Waals surface area contributed by atoms with Crippen LogP contribution in [0.4, 0.5) is 0 Å². The Kier molecular flexibility index (Phi) is 0.242. The predicted octanol–water partition coefficient (Wildman–Crippen LogP) is -0.200. The third-order valence-corrected chi connectivity index (χ3v) is 0.406. The van der Waals surface area contributed by atoms with Crippen molar-refractivity contribution in [3.8, 4) is 0 Å². The lowest BCUT2D eigenvalue weighted by Gasteiger charge is -1.93. The van der Waals surface area contributed by atoms with Gasteiger partial charge in [0.2, 0.25) is 0 Å². The molecule has 0 N–H and O–H groups in total. The second kappa shape index (κ2) is 0.445. The van der Waals surface area contributed by atoms with Gasteiger partial charge in [0.1, 0.15) is 0 Å². The van der Waals surface area contributed by atoms with E-state index in [4.69, 9.17) is 0 Å². The van der Waals surface area contributed by atoms with E-state index in [0.29, 0.717) is 0 Å². The van der Waals surface area contributed by atoms with Crippen molar-refractivity contribution < 1.29 is 0 Å². The normalized spacial score (nSPS) is 26.2. The topological polar surface area (TPSA) is 26.1 Å². The van der Waals surface area contributed by atoms with E-state index in [0.717, 1.165) is 18.2 Å². The Hall–Kier alpha value is -0.0800. The number of hydroxylamine groups is 2. The fourth-order valence-corrected chi connectivity index (χ4v) is 0.0408. The molecule has 0 aromatic carbocycles. The van der Waals surface area contributed by atoms with Crippen LogP contribution in [0.15, 0.2) is 0 Å². The van der Waals surface area contributed by atoms with Crippen LogP contribution in [-0.4, -0.2) is 18.2 Å². The van der Waals surface area contributed by atoms with E-state index in [9.17, 15) is 5.21 Å². The molecule has 1 fully saturated rings. The van der Waals surface area contributed by atoms with Crippen molar-refractivity contribution in [1.29, 1.82) is 0 Å². The van der Waals surface area contributed by atoms with Crippen LogP contribution in [0, 0.1) is 5.21 Å². The third kappa shape index (κ3) is 0.191. The number of nitrogens with zero attached hydrogens (tertiary/aromatic N) is 1. The summed E-state index contributed by atoms with van der Waals surface area (Å²) in [4.78, 5) is 0. The van der Waals surface area contributed by atoms with E-state index in [1.807, 2.05) is 0 Å². The Morgan fingerprint density at radius 1 is 1.50 bits per heavy atom. The van der Waals surface area contributed by atoms with Gasteiger partial charge >= 0.3 is 0 Å². The highest BCUT2D eigenvalue weighted by Crippen LogP contribution is 1.95. The molecule has 2 heteroatoms. The van der Waals surface area contributed by atoms with Crippen molar-refractivity contribution in [3.05, 3.63) is 5.21 Å². The van der Waals surface area contributed by atoms with E-state index in [2.05, 4.69) is 0 Å². The first-order valence-corrected chi connectivity index (χ1v) is 1.32. The Bertz CT molecular complexity index is 25.2. The molecule has 0 atom stereocenters. The van der Waals surface area contributed by atoms with Gasteiger partial charge in [-0.05, 0) is 13.1 Å². The molecule has 0 aromatic heterocycles. The molecule has 24 valence electrons. The fraction of sp³-hybridized carbons (Fsp3) is 1.00. The summed E-state index contributed by atoms with van der Waals surface area (Å²) in [6, 6.07) is 0. The first kappa shape index (κ1) is 2.18. The van der Waals surface area contributed by atoms with Crippen LogP contribution < -0.4 is 0 Å². The highest BCUT2D eigenvalue weighted by atomic mass is 16.5. The summed E-state index contributed by atoms with van der Waals surface area (Å²) in [6.07, 6.45) is 0. The van der Waals surface area contributed by atoms with Crippen molar-refractivity contribution in [2.45, 2.75) is 0 Å². The molecule has 2 nitrogen and oxygen atoms in total. The molecule has 1 aliphatic rings. The summed E-state index contributed by atoms with van der Waals surface area (Å²) in [5.41, 5.74) is 0. The SMILES string of the molecule is [O-]N1CC1. The Morgan fingerprint density at radius 2 is 1.75 bits per heavy atom. The maximum atomic E-state index is 9.47. The zero-order valence-corrected chi connectivity index (χ0v) is 2.27. The molecule has 0 unspecified atom stereocenters. The van der Waals surface area contributed by atoms with Crippen molar-refractivity contribution in [3.63, 3.8) is 0 Å². The number of hydrogen-bond acceptors (Lipinski definition) is 2. The molecular weight excluding hydrogens is 54.0 g/mol. The molecule has 0 bridgehead atoms. The van der Waals surface area contributed by atoms with Crippen LogP contribution >= 0.6 is 0 Å². The van der Waals surface area contributed by atoms with Crippen LogP contribution in [-0.2, 0) is 0 Å². The molecular formula is C2H4NO-. The second-order valence-electron chi connectivity index (χ2n) is 0.929. The van der Waals surface area contributed by atoms with Gasteiger partial charge in [-0.3, -0.25) is 0 Å². The van der Waals surface area contributed by atoms with Gasteiger partial charge in [-0.1, -0.05) is 0 Å². The molecule has 0 aliphatic carbocycles. The fourth-order valence-electron chi connectivity index (χ4n) is 0.0408. The minimum atomic E-state index is 0.764. The average molecular weight is 58.1 g/mol. The van der Waals surface area contributed by atoms with E-state index in [-0.39, 0.29) is 0 Å². The lowest BCUT2D eigenvalue weighted by Crippen LogP contribution is -1.70. The summed E-state index contributed by atoms with van der Waals surface area (Å²) >= 11 is 0. The molecule has 0 aromatic rings. The quantitative estimate of drug-likeness (QED) is 0.360. The van der Waals surface area contributed by atoms with Crippen LogP contribution in [0.2, 0.25) is 0 Å². The minimum absolute atomic E-state index is 0.764. The van der Waals surface area contributed by atoms with E-state index in [1.54, 1.807) is 0 Å². The third-order valence-electron chi connectivity index (χ3n) is 0.406. The van der Waals surface area contributed by atoms with Gasteiger partial charge in [0.15, 0.2) is 0 Å². The first-order chi connectivity index (χ1) is 1.89. The van der Waals surface area contributed by atoms with Gasteiger partial charge in [0.05, 0.1) is 0 Å². The van der Waals surface area contributed by atoms with Crippen molar-refractivity contribution in [2.24, 2.45) is 0 Å². The smallest absolute Gasteiger partial charge is 0.00232 e. The average Bonchev–Trinajstić information content (AvgIpc) is 1.75. The standard InChI is InChI=1S/C2H4NO/c4-3-1-2-3/h1-2H2/q-1. The van der Waals surface area contributed by atoms with Gasteiger partial charge in [0.25, 0.3) is 0 Å². The zero-order valence-electron chi connectivity index (χ0n) is 2.27. The van der Waals surface area contributed by atoms with Crippen molar-refractivity contribution >= 4 is 0 Å². The number of rotatable bonds is 0. The Morgan fingerprint density at radius 3 is 1.75 bits per heavy atom. The summed E-state index contributed by atoms with van der Waals surface area (Å²) in [6.45, 7) is 1.53. The van der Waals surface area contributed by atoms with Crippen molar-refractivity contribution in [2.75, 3.05) is 13.1 Å². The molecule has 0 spiro atoms. The first-order valence-electron chi connectivity index (χ1n) is 1.32. The van der Waals surface area contributed by atoms with Gasteiger partial charge < -0.3 is 10.3 Å². The summed E-state index contributed by atoms with van der Waals surface area (Å²) in [7, 11) is 0. The Labute approximate surface area is 24.6 Å². The van der Waals surface area contributed by atoms with E-state index in [1.165, 1.54) is 0 Å². The Balaban J connectivity index is 2.17. The van der Waals surface area contributed by atoms with Crippen LogP contribution in [0.5, 0.6) is 0 Å². The van der Waals surface area contributed by atoms with E-state index < -0.39 is 0 Å². The van der Waals surface area contributed by atoms with Crippen molar-refractivity contribution in [1.82, 2.24) is 5.06 Å². The predicted molar refractivity (Wildman–Crippen MR) is 14.9 cm³/mol. The molecule has 1 aliphatic heterocycles.